The molecular weight excluding hydrogens is 332 g/mol. The molecule has 1 aliphatic rings. The number of rotatable bonds is 5. The van der Waals surface area contributed by atoms with Gasteiger partial charge in [-0.3, -0.25) is 4.79 Å². The Labute approximate surface area is 153 Å². The Kier molecular flexibility index (Phi) is 5.69. The van der Waals surface area contributed by atoms with Gasteiger partial charge in [0.1, 0.15) is 17.3 Å². The first kappa shape index (κ1) is 20.0. The van der Waals surface area contributed by atoms with E-state index in [1.54, 1.807) is 21.1 Å². The number of hydrogen-bond donors (Lipinski definition) is 0. The number of carbonyl (C=O) groups is 1. The molecule has 0 heterocycles. The predicted molar refractivity (Wildman–Crippen MR) is 103 cm³/mol. The van der Waals surface area contributed by atoms with Crippen molar-refractivity contribution < 1.29 is 18.7 Å². The minimum atomic E-state index is -2.00. The van der Waals surface area contributed by atoms with E-state index >= 15 is 0 Å². The normalized spacial score (nSPS) is 20.8. The van der Waals surface area contributed by atoms with Gasteiger partial charge < -0.3 is 13.9 Å². The van der Waals surface area contributed by atoms with E-state index in [-0.39, 0.29) is 22.8 Å². The highest BCUT2D eigenvalue weighted by Gasteiger charge is 2.43. The first-order chi connectivity index (χ1) is 11.5. The molecule has 0 radical (unpaired) electrons. The number of benzene rings is 1. The van der Waals surface area contributed by atoms with E-state index in [9.17, 15) is 4.79 Å². The average molecular weight is 365 g/mol. The van der Waals surface area contributed by atoms with Crippen LogP contribution in [0.4, 0.5) is 0 Å². The number of ketones is 1. The number of fused-ring (bicyclic) bond motifs is 1. The molecule has 0 amide bonds. The number of carbonyl (C=O) groups excluding carboxylic acids is 1. The summed E-state index contributed by atoms with van der Waals surface area (Å²) in [7, 11) is 1.36. The number of Topliss-reactive ketones (excluding diaryl/α,β-unsaturated/α-hetero) is 1. The van der Waals surface area contributed by atoms with Gasteiger partial charge in [-0.05, 0) is 50.0 Å². The third-order valence-corrected chi connectivity index (χ3v) is 10.3. The van der Waals surface area contributed by atoms with Gasteiger partial charge in [0.2, 0.25) is 0 Å². The van der Waals surface area contributed by atoms with E-state index < -0.39 is 8.32 Å². The SMILES string of the molecule is COc1ccc(OC)c2c1C[C@H](C(C)=O)C[C@H]2O[Si](C)(C)C(C)(C)C. The van der Waals surface area contributed by atoms with Crippen LogP contribution in [-0.4, -0.2) is 28.3 Å². The molecule has 0 saturated heterocycles. The first-order valence-corrected chi connectivity index (χ1v) is 11.8. The predicted octanol–water partition coefficient (Wildman–Crippen LogP) is 4.92. The molecule has 0 aliphatic heterocycles. The lowest BCUT2D eigenvalue weighted by molar-refractivity contribution is -0.122. The molecular formula is C20H32O4Si. The van der Waals surface area contributed by atoms with Crippen molar-refractivity contribution in [3.63, 3.8) is 0 Å². The van der Waals surface area contributed by atoms with Crippen LogP contribution < -0.4 is 9.47 Å². The van der Waals surface area contributed by atoms with Crippen LogP contribution in [0.15, 0.2) is 12.1 Å². The molecule has 1 aromatic carbocycles. The largest absolute Gasteiger partial charge is 0.496 e. The molecule has 140 valence electrons. The lowest BCUT2D eigenvalue weighted by Crippen LogP contribution is -2.43. The zero-order chi connectivity index (χ0) is 19.0. The standard InChI is InChI=1S/C20H32O4Si/c1-13(21)14-11-15-16(22-5)9-10-17(23-6)19(15)18(12-14)24-25(7,8)20(2,3)4/h9-10,14,18H,11-12H2,1-8H3/t14-,18+/m0/s1. The van der Waals surface area contributed by atoms with Gasteiger partial charge in [0.05, 0.1) is 20.3 Å². The molecule has 0 saturated carbocycles. The molecule has 0 aromatic heterocycles. The molecule has 0 N–H and O–H groups in total. The van der Waals surface area contributed by atoms with Gasteiger partial charge in [0, 0.05) is 17.0 Å². The highest BCUT2D eigenvalue weighted by molar-refractivity contribution is 6.74. The summed E-state index contributed by atoms with van der Waals surface area (Å²) in [5.41, 5.74) is 2.11. The third-order valence-electron chi connectivity index (χ3n) is 5.80. The maximum absolute atomic E-state index is 12.2. The summed E-state index contributed by atoms with van der Waals surface area (Å²) in [6.45, 7) is 12.9. The molecule has 2 rings (SSSR count). The van der Waals surface area contributed by atoms with Gasteiger partial charge >= 0.3 is 0 Å². The quantitative estimate of drug-likeness (QED) is 0.696. The van der Waals surface area contributed by atoms with Crippen LogP contribution in [0.2, 0.25) is 18.1 Å². The van der Waals surface area contributed by atoms with Gasteiger partial charge in [-0.25, -0.2) is 0 Å². The Hall–Kier alpha value is -1.33. The van der Waals surface area contributed by atoms with Gasteiger partial charge in [-0.15, -0.1) is 0 Å². The summed E-state index contributed by atoms with van der Waals surface area (Å²) < 4.78 is 18.0. The Bertz CT molecular complexity index is 646. The van der Waals surface area contributed by atoms with Gasteiger partial charge in [0.25, 0.3) is 0 Å². The van der Waals surface area contributed by atoms with Crippen molar-refractivity contribution in [2.75, 3.05) is 14.2 Å². The maximum Gasteiger partial charge on any atom is 0.192 e. The summed E-state index contributed by atoms with van der Waals surface area (Å²) in [4.78, 5) is 12.2. The second kappa shape index (κ2) is 7.12. The van der Waals surface area contributed by atoms with E-state index in [0.29, 0.717) is 12.8 Å². The van der Waals surface area contributed by atoms with E-state index in [1.807, 2.05) is 12.1 Å². The van der Waals surface area contributed by atoms with Crippen molar-refractivity contribution in [1.82, 2.24) is 0 Å². The summed E-state index contributed by atoms with van der Waals surface area (Å²) in [6.07, 6.45) is 1.25. The number of hydrogen-bond acceptors (Lipinski definition) is 4. The van der Waals surface area contributed by atoms with Crippen molar-refractivity contribution in [3.8, 4) is 11.5 Å². The van der Waals surface area contributed by atoms with Gasteiger partial charge in [-0.2, -0.15) is 0 Å². The summed E-state index contributed by atoms with van der Waals surface area (Å²) in [5, 5.41) is 0.0996. The fourth-order valence-electron chi connectivity index (χ4n) is 3.21. The van der Waals surface area contributed by atoms with E-state index in [4.69, 9.17) is 13.9 Å². The summed E-state index contributed by atoms with van der Waals surface area (Å²) in [5.74, 6) is 1.80. The zero-order valence-electron chi connectivity index (χ0n) is 16.9. The molecule has 25 heavy (non-hydrogen) atoms. The third kappa shape index (κ3) is 3.92. The van der Waals surface area contributed by atoms with Crippen molar-refractivity contribution in [2.45, 2.75) is 64.8 Å². The minimum absolute atomic E-state index is 0.0386. The molecule has 0 fully saturated rings. The first-order valence-electron chi connectivity index (χ1n) is 8.94. The van der Waals surface area contributed by atoms with Crippen LogP contribution in [-0.2, 0) is 15.6 Å². The molecule has 0 unspecified atom stereocenters. The van der Waals surface area contributed by atoms with Crippen molar-refractivity contribution in [3.05, 3.63) is 23.3 Å². The lowest BCUT2D eigenvalue weighted by atomic mass is 9.79. The summed E-state index contributed by atoms with van der Waals surface area (Å²) >= 11 is 0. The fourth-order valence-corrected chi connectivity index (χ4v) is 4.49. The van der Waals surface area contributed by atoms with Crippen LogP contribution >= 0.6 is 0 Å². The molecule has 0 spiro atoms. The fraction of sp³-hybridized carbons (Fsp3) is 0.650. The Morgan fingerprint density at radius 3 is 2.16 bits per heavy atom. The Morgan fingerprint density at radius 1 is 1.12 bits per heavy atom. The molecule has 4 nitrogen and oxygen atoms in total. The smallest absolute Gasteiger partial charge is 0.192 e. The van der Waals surface area contributed by atoms with Crippen molar-refractivity contribution >= 4 is 14.1 Å². The van der Waals surface area contributed by atoms with Crippen LogP contribution in [0.1, 0.15) is 51.3 Å². The van der Waals surface area contributed by atoms with Crippen molar-refractivity contribution in [2.24, 2.45) is 5.92 Å². The monoisotopic (exact) mass is 364 g/mol. The van der Waals surface area contributed by atoms with Crippen LogP contribution in [0, 0.1) is 5.92 Å². The van der Waals surface area contributed by atoms with Crippen LogP contribution in [0.25, 0.3) is 0 Å². The molecule has 1 aliphatic carbocycles. The van der Waals surface area contributed by atoms with Gasteiger partial charge in [0.15, 0.2) is 8.32 Å². The number of methoxy groups -OCH3 is 2. The highest BCUT2D eigenvalue weighted by atomic mass is 28.4. The molecule has 0 bridgehead atoms. The number of ether oxygens (including phenoxy) is 2. The van der Waals surface area contributed by atoms with Crippen molar-refractivity contribution in [1.29, 1.82) is 0 Å². The topological polar surface area (TPSA) is 44.8 Å². The second-order valence-corrected chi connectivity index (χ2v) is 13.2. The Balaban J connectivity index is 2.56. The average Bonchev–Trinajstić information content (AvgIpc) is 2.51. The minimum Gasteiger partial charge on any atom is -0.496 e. The van der Waals surface area contributed by atoms with Gasteiger partial charge in [-0.1, -0.05) is 20.8 Å². The second-order valence-electron chi connectivity index (χ2n) is 8.48. The summed E-state index contributed by atoms with van der Waals surface area (Å²) in [6, 6.07) is 3.86. The van der Waals surface area contributed by atoms with E-state index in [1.165, 1.54) is 0 Å². The zero-order valence-corrected chi connectivity index (χ0v) is 17.9. The molecule has 5 heteroatoms. The molecule has 1 aromatic rings. The van der Waals surface area contributed by atoms with E-state index in [0.717, 1.165) is 22.6 Å². The lowest BCUT2D eigenvalue weighted by Gasteiger charge is -2.42. The maximum atomic E-state index is 12.2. The van der Waals surface area contributed by atoms with Crippen LogP contribution in [0.3, 0.4) is 0 Å². The molecule has 2 atom stereocenters. The van der Waals surface area contributed by atoms with Crippen LogP contribution in [0.5, 0.6) is 11.5 Å². The van der Waals surface area contributed by atoms with E-state index in [2.05, 4.69) is 33.9 Å². The Morgan fingerprint density at radius 2 is 1.68 bits per heavy atom. The highest BCUT2D eigenvalue weighted by Crippen LogP contribution is 2.48.